The number of hydrogen-bond acceptors (Lipinski definition) is 3. The van der Waals surface area contributed by atoms with E-state index in [0.29, 0.717) is 22.8 Å². The van der Waals surface area contributed by atoms with Gasteiger partial charge in [-0.1, -0.05) is 11.6 Å². The third kappa shape index (κ3) is 2.37. The molecular weight excluding hydrogens is 307 g/mol. The Morgan fingerprint density at radius 2 is 2.18 bits per heavy atom. The second kappa shape index (κ2) is 4.94. The maximum atomic E-state index is 10.5. The predicted octanol–water partition coefficient (Wildman–Crippen LogP) is 4.18. The molecule has 2 rings (SSSR count). The van der Waals surface area contributed by atoms with Crippen molar-refractivity contribution in [2.24, 2.45) is 0 Å². The summed E-state index contributed by atoms with van der Waals surface area (Å²) in [6.45, 7) is 0. The molecule has 3 nitrogen and oxygen atoms in total. The van der Waals surface area contributed by atoms with Gasteiger partial charge < -0.3 is 9.15 Å². The standard InChI is InChI=1S/C12H8BrClO3/c1-16-12-9(13)4-7(5-10(12)14)11-3-2-8(6-15)17-11/h2-6H,1H3. The highest BCUT2D eigenvalue weighted by molar-refractivity contribution is 9.10. The van der Waals surface area contributed by atoms with Crippen molar-refractivity contribution in [1.29, 1.82) is 0 Å². The van der Waals surface area contributed by atoms with Crippen molar-refractivity contribution in [3.05, 3.63) is 39.5 Å². The number of carbonyl (C=O) groups is 1. The largest absolute Gasteiger partial charge is 0.494 e. The van der Waals surface area contributed by atoms with Gasteiger partial charge in [0.15, 0.2) is 17.8 Å². The van der Waals surface area contributed by atoms with Gasteiger partial charge in [0.05, 0.1) is 16.6 Å². The number of benzene rings is 1. The molecule has 0 saturated carbocycles. The van der Waals surface area contributed by atoms with Gasteiger partial charge in [-0.3, -0.25) is 4.79 Å². The molecule has 5 heteroatoms. The van der Waals surface area contributed by atoms with Gasteiger partial charge in [-0.2, -0.15) is 0 Å². The summed E-state index contributed by atoms with van der Waals surface area (Å²) in [4.78, 5) is 10.5. The van der Waals surface area contributed by atoms with Crippen LogP contribution in [-0.4, -0.2) is 13.4 Å². The van der Waals surface area contributed by atoms with Crippen molar-refractivity contribution in [3.8, 4) is 17.1 Å². The fourth-order valence-corrected chi connectivity index (χ4v) is 2.50. The number of hydrogen-bond donors (Lipinski definition) is 0. The van der Waals surface area contributed by atoms with Crippen LogP contribution in [0.15, 0.2) is 33.2 Å². The van der Waals surface area contributed by atoms with Crippen LogP contribution in [0, 0.1) is 0 Å². The Morgan fingerprint density at radius 3 is 2.71 bits per heavy atom. The van der Waals surface area contributed by atoms with Gasteiger partial charge in [0.25, 0.3) is 0 Å². The highest BCUT2D eigenvalue weighted by atomic mass is 79.9. The fourth-order valence-electron chi connectivity index (χ4n) is 1.47. The van der Waals surface area contributed by atoms with Crippen molar-refractivity contribution >= 4 is 33.8 Å². The summed E-state index contributed by atoms with van der Waals surface area (Å²) in [6.07, 6.45) is 0.656. The fraction of sp³-hybridized carbons (Fsp3) is 0.0833. The molecule has 0 aliphatic heterocycles. The van der Waals surface area contributed by atoms with Crippen molar-refractivity contribution in [2.75, 3.05) is 7.11 Å². The quantitative estimate of drug-likeness (QED) is 0.798. The Kier molecular flexibility index (Phi) is 3.54. The summed E-state index contributed by atoms with van der Waals surface area (Å²) < 4.78 is 11.2. The van der Waals surface area contributed by atoms with E-state index in [0.717, 1.165) is 10.0 Å². The lowest BCUT2D eigenvalue weighted by molar-refractivity contribution is 0.110. The third-order valence-corrected chi connectivity index (χ3v) is 3.10. The van der Waals surface area contributed by atoms with Crippen LogP contribution in [0.1, 0.15) is 10.6 Å². The smallest absolute Gasteiger partial charge is 0.185 e. The lowest BCUT2D eigenvalue weighted by atomic mass is 10.1. The predicted molar refractivity (Wildman–Crippen MR) is 68.8 cm³/mol. The molecule has 0 atom stereocenters. The first-order valence-corrected chi connectivity index (χ1v) is 5.91. The van der Waals surface area contributed by atoms with Crippen LogP contribution in [-0.2, 0) is 0 Å². The zero-order valence-corrected chi connectivity index (χ0v) is 11.2. The molecule has 0 amide bonds. The molecule has 0 fully saturated rings. The van der Waals surface area contributed by atoms with E-state index in [-0.39, 0.29) is 5.76 Å². The lowest BCUT2D eigenvalue weighted by Crippen LogP contribution is -1.87. The van der Waals surface area contributed by atoms with Gasteiger partial charge in [-0.05, 0) is 40.2 Å². The summed E-state index contributed by atoms with van der Waals surface area (Å²) >= 11 is 9.42. The van der Waals surface area contributed by atoms with Crippen molar-refractivity contribution in [2.45, 2.75) is 0 Å². The Hall–Kier alpha value is -1.26. The van der Waals surface area contributed by atoms with Crippen molar-refractivity contribution in [3.63, 3.8) is 0 Å². The minimum absolute atomic E-state index is 0.281. The van der Waals surface area contributed by atoms with Crippen LogP contribution >= 0.6 is 27.5 Å². The van der Waals surface area contributed by atoms with Gasteiger partial charge in [0, 0.05) is 5.56 Å². The SMILES string of the molecule is COc1c(Cl)cc(-c2ccc(C=O)o2)cc1Br. The summed E-state index contributed by atoms with van der Waals surface area (Å²) in [6, 6.07) is 6.86. The molecule has 0 radical (unpaired) electrons. The number of aldehydes is 1. The summed E-state index contributed by atoms with van der Waals surface area (Å²) in [7, 11) is 1.54. The van der Waals surface area contributed by atoms with Crippen molar-refractivity contribution in [1.82, 2.24) is 0 Å². The molecule has 88 valence electrons. The molecule has 1 heterocycles. The van der Waals surface area contributed by atoms with Gasteiger partial charge in [0.1, 0.15) is 5.76 Å². The first kappa shape index (κ1) is 12.2. The molecule has 17 heavy (non-hydrogen) atoms. The van der Waals surface area contributed by atoms with Crippen molar-refractivity contribution < 1.29 is 13.9 Å². The van der Waals surface area contributed by atoms with Crippen LogP contribution in [0.5, 0.6) is 5.75 Å². The highest BCUT2D eigenvalue weighted by Gasteiger charge is 2.11. The Balaban J connectivity index is 2.49. The topological polar surface area (TPSA) is 39.4 Å². The average Bonchev–Trinajstić information content (AvgIpc) is 2.77. The molecule has 0 spiro atoms. The van der Waals surface area contributed by atoms with E-state index in [2.05, 4.69) is 15.9 Å². The molecule has 0 aliphatic rings. The van der Waals surface area contributed by atoms with Crippen LogP contribution in [0.3, 0.4) is 0 Å². The van der Waals surface area contributed by atoms with Gasteiger partial charge in [0.2, 0.25) is 0 Å². The highest BCUT2D eigenvalue weighted by Crippen LogP contribution is 2.37. The van der Waals surface area contributed by atoms with E-state index in [9.17, 15) is 4.79 Å². The maximum absolute atomic E-state index is 10.5. The van der Waals surface area contributed by atoms with E-state index in [1.54, 1.807) is 25.3 Å². The maximum Gasteiger partial charge on any atom is 0.185 e. The normalized spacial score (nSPS) is 10.3. The second-order valence-electron chi connectivity index (χ2n) is 3.29. The van der Waals surface area contributed by atoms with E-state index in [1.165, 1.54) is 0 Å². The minimum Gasteiger partial charge on any atom is -0.494 e. The molecule has 0 unspecified atom stereocenters. The Bertz CT molecular complexity index is 540. The van der Waals surface area contributed by atoms with E-state index in [1.807, 2.05) is 6.07 Å². The third-order valence-electron chi connectivity index (χ3n) is 2.23. The summed E-state index contributed by atoms with van der Waals surface area (Å²) in [5.74, 6) is 1.43. The molecule has 1 aromatic heterocycles. The van der Waals surface area contributed by atoms with Gasteiger partial charge in [-0.25, -0.2) is 0 Å². The Labute approximate surface area is 111 Å². The number of halogens is 2. The van der Waals surface area contributed by atoms with Crippen LogP contribution in [0.4, 0.5) is 0 Å². The lowest BCUT2D eigenvalue weighted by Gasteiger charge is -2.07. The van der Waals surface area contributed by atoms with Gasteiger partial charge in [-0.15, -0.1) is 0 Å². The molecular formula is C12H8BrClO3. The van der Waals surface area contributed by atoms with Crippen LogP contribution < -0.4 is 4.74 Å². The van der Waals surface area contributed by atoms with Crippen LogP contribution in [0.2, 0.25) is 5.02 Å². The summed E-state index contributed by atoms with van der Waals surface area (Å²) in [5.41, 5.74) is 0.774. The number of rotatable bonds is 3. The van der Waals surface area contributed by atoms with Gasteiger partial charge >= 0.3 is 0 Å². The number of carbonyl (C=O) groups excluding carboxylic acids is 1. The van der Waals surface area contributed by atoms with E-state index < -0.39 is 0 Å². The first-order chi connectivity index (χ1) is 8.15. The molecule has 0 aliphatic carbocycles. The molecule has 2 aromatic rings. The van der Waals surface area contributed by atoms with Crippen LogP contribution in [0.25, 0.3) is 11.3 Å². The molecule has 0 saturated heterocycles. The molecule has 1 aromatic carbocycles. The zero-order valence-electron chi connectivity index (χ0n) is 8.87. The molecule has 0 N–H and O–H groups in total. The zero-order chi connectivity index (χ0) is 12.4. The Morgan fingerprint density at radius 1 is 1.41 bits per heavy atom. The second-order valence-corrected chi connectivity index (χ2v) is 4.55. The van der Waals surface area contributed by atoms with E-state index >= 15 is 0 Å². The molecule has 0 bridgehead atoms. The monoisotopic (exact) mass is 314 g/mol. The number of ether oxygens (including phenoxy) is 1. The minimum atomic E-state index is 0.281. The number of furan rings is 1. The van der Waals surface area contributed by atoms with E-state index in [4.69, 9.17) is 20.8 Å². The average molecular weight is 316 g/mol. The summed E-state index contributed by atoms with van der Waals surface area (Å²) in [5, 5.41) is 0.473. The first-order valence-electron chi connectivity index (χ1n) is 4.74. The number of methoxy groups -OCH3 is 1.